The van der Waals surface area contributed by atoms with Crippen molar-refractivity contribution in [2.45, 2.75) is 72.8 Å². The van der Waals surface area contributed by atoms with E-state index in [9.17, 15) is 0 Å². The molecule has 0 amide bonds. The van der Waals surface area contributed by atoms with Gasteiger partial charge in [-0.25, -0.2) is 0 Å². The van der Waals surface area contributed by atoms with Gasteiger partial charge in [-0.2, -0.15) is 0 Å². The van der Waals surface area contributed by atoms with Crippen molar-refractivity contribution < 1.29 is 0 Å². The summed E-state index contributed by atoms with van der Waals surface area (Å²) in [4.78, 5) is 0. The lowest BCUT2D eigenvalue weighted by atomic mass is 10.0. The van der Waals surface area contributed by atoms with E-state index in [4.69, 9.17) is 0 Å². The van der Waals surface area contributed by atoms with Gasteiger partial charge in [0.25, 0.3) is 0 Å². The summed E-state index contributed by atoms with van der Waals surface area (Å²) in [6.07, 6.45) is 11.3. The molecule has 0 bridgehead atoms. The topological polar surface area (TPSA) is 12.0 Å². The molecule has 0 saturated carbocycles. The summed E-state index contributed by atoms with van der Waals surface area (Å²) in [5.41, 5.74) is 2.83. The highest BCUT2D eigenvalue weighted by molar-refractivity contribution is 5.28. The molecule has 0 aromatic heterocycles. The molecule has 1 nitrogen and oxygen atoms in total. The minimum absolute atomic E-state index is 0.515. The Kier molecular flexibility index (Phi) is 9.07. The summed E-state index contributed by atoms with van der Waals surface area (Å²) in [7, 11) is 0. The van der Waals surface area contributed by atoms with E-state index in [2.05, 4.69) is 38.2 Å². The molecule has 1 N–H and O–H groups in total. The third kappa shape index (κ3) is 6.71. The lowest BCUT2D eigenvalue weighted by Gasteiger charge is -2.19. The van der Waals surface area contributed by atoms with Crippen LogP contribution in [0.2, 0.25) is 0 Å². The first-order chi connectivity index (χ1) is 7.72. The molecule has 0 aromatic rings. The molecular weight excluding hydrogens is 194 g/mol. The van der Waals surface area contributed by atoms with Crippen molar-refractivity contribution in [3.05, 3.63) is 23.4 Å². The lowest BCUT2D eigenvalue weighted by Crippen LogP contribution is -2.25. The van der Waals surface area contributed by atoms with E-state index in [-0.39, 0.29) is 0 Å². The van der Waals surface area contributed by atoms with Crippen molar-refractivity contribution in [2.24, 2.45) is 0 Å². The SMILES string of the molecule is CC.CCCCCCC1=CC(C)NC(C)=C1. The highest BCUT2D eigenvalue weighted by atomic mass is 14.9. The van der Waals surface area contributed by atoms with Gasteiger partial charge in [0.05, 0.1) is 0 Å². The summed E-state index contributed by atoms with van der Waals surface area (Å²) >= 11 is 0. The van der Waals surface area contributed by atoms with E-state index < -0.39 is 0 Å². The fourth-order valence-corrected chi connectivity index (χ4v) is 2.00. The van der Waals surface area contributed by atoms with Crippen molar-refractivity contribution in [3.8, 4) is 0 Å². The first kappa shape index (κ1) is 15.3. The summed E-state index contributed by atoms with van der Waals surface area (Å²) in [6.45, 7) is 10.6. The minimum atomic E-state index is 0.515. The van der Waals surface area contributed by atoms with Gasteiger partial charge in [-0.3, -0.25) is 0 Å². The van der Waals surface area contributed by atoms with E-state index in [1.165, 1.54) is 43.4 Å². The molecule has 16 heavy (non-hydrogen) atoms. The first-order valence-corrected chi connectivity index (χ1v) is 6.88. The molecule has 1 rings (SSSR count). The molecule has 0 radical (unpaired) electrons. The molecule has 0 fully saturated rings. The number of nitrogens with one attached hydrogen (secondary N) is 1. The second kappa shape index (κ2) is 9.50. The molecule has 0 saturated heterocycles. The van der Waals surface area contributed by atoms with E-state index in [0.29, 0.717) is 6.04 Å². The van der Waals surface area contributed by atoms with Crippen LogP contribution in [0.25, 0.3) is 0 Å². The van der Waals surface area contributed by atoms with Gasteiger partial charge in [0.2, 0.25) is 0 Å². The van der Waals surface area contributed by atoms with E-state index >= 15 is 0 Å². The van der Waals surface area contributed by atoms with Crippen molar-refractivity contribution in [1.29, 1.82) is 0 Å². The number of dihydropyridines is 1. The maximum atomic E-state index is 3.40. The Labute approximate surface area is 102 Å². The van der Waals surface area contributed by atoms with Crippen LogP contribution < -0.4 is 5.32 Å². The molecule has 1 heteroatoms. The molecule has 1 aliphatic heterocycles. The quantitative estimate of drug-likeness (QED) is 0.660. The summed E-state index contributed by atoms with van der Waals surface area (Å²) in [5, 5.41) is 3.40. The minimum Gasteiger partial charge on any atom is -0.383 e. The molecule has 0 spiro atoms. The Morgan fingerprint density at radius 1 is 1.19 bits per heavy atom. The predicted octanol–water partition coefficient (Wildman–Crippen LogP) is 4.80. The largest absolute Gasteiger partial charge is 0.383 e. The zero-order valence-corrected chi connectivity index (χ0v) is 11.8. The van der Waals surface area contributed by atoms with Gasteiger partial charge in [-0.05, 0) is 38.3 Å². The van der Waals surface area contributed by atoms with Crippen molar-refractivity contribution >= 4 is 0 Å². The maximum absolute atomic E-state index is 3.40. The average molecular weight is 223 g/mol. The number of rotatable bonds is 5. The van der Waals surface area contributed by atoms with Crippen LogP contribution in [0.5, 0.6) is 0 Å². The highest BCUT2D eigenvalue weighted by Crippen LogP contribution is 2.16. The summed E-state index contributed by atoms with van der Waals surface area (Å²) in [6, 6.07) is 0.515. The molecule has 1 atom stereocenters. The van der Waals surface area contributed by atoms with Crippen LogP contribution in [-0.2, 0) is 0 Å². The monoisotopic (exact) mass is 223 g/mol. The van der Waals surface area contributed by atoms with Gasteiger partial charge in [0.1, 0.15) is 0 Å². The molecule has 94 valence electrons. The number of hydrogen-bond acceptors (Lipinski definition) is 1. The fraction of sp³-hybridized carbons (Fsp3) is 0.733. The van der Waals surface area contributed by atoms with Crippen LogP contribution in [0, 0.1) is 0 Å². The van der Waals surface area contributed by atoms with Crippen molar-refractivity contribution in [2.75, 3.05) is 0 Å². The standard InChI is InChI=1S/C13H23N.C2H6/c1-4-5-6-7-8-13-9-11(2)14-12(3)10-13;1-2/h9-11,14H,4-8H2,1-3H3;1-2H3. The molecule has 0 aliphatic carbocycles. The van der Waals surface area contributed by atoms with Gasteiger partial charge in [0.15, 0.2) is 0 Å². The highest BCUT2D eigenvalue weighted by Gasteiger charge is 2.06. The van der Waals surface area contributed by atoms with Gasteiger partial charge in [-0.15, -0.1) is 0 Å². The van der Waals surface area contributed by atoms with E-state index in [1.807, 2.05) is 13.8 Å². The molecule has 1 heterocycles. The zero-order valence-electron chi connectivity index (χ0n) is 11.8. The maximum Gasteiger partial charge on any atom is 0.0418 e. The normalized spacial score (nSPS) is 18.9. The van der Waals surface area contributed by atoms with Crippen LogP contribution in [0.3, 0.4) is 0 Å². The Morgan fingerprint density at radius 2 is 1.88 bits per heavy atom. The van der Waals surface area contributed by atoms with Crippen LogP contribution in [0.4, 0.5) is 0 Å². The molecular formula is C15H29N. The van der Waals surface area contributed by atoms with Gasteiger partial charge in [0, 0.05) is 11.7 Å². The van der Waals surface area contributed by atoms with Crippen LogP contribution in [0.1, 0.15) is 66.7 Å². The van der Waals surface area contributed by atoms with Crippen LogP contribution >= 0.6 is 0 Å². The third-order valence-electron chi connectivity index (χ3n) is 2.64. The number of unbranched alkanes of at least 4 members (excludes halogenated alkanes) is 3. The average Bonchev–Trinajstić information content (AvgIpc) is 2.26. The van der Waals surface area contributed by atoms with Gasteiger partial charge < -0.3 is 5.32 Å². The predicted molar refractivity (Wildman–Crippen MR) is 74.5 cm³/mol. The summed E-state index contributed by atoms with van der Waals surface area (Å²) in [5.74, 6) is 0. The van der Waals surface area contributed by atoms with Crippen molar-refractivity contribution in [1.82, 2.24) is 5.32 Å². The molecule has 1 aliphatic rings. The van der Waals surface area contributed by atoms with E-state index in [1.54, 1.807) is 0 Å². The van der Waals surface area contributed by atoms with E-state index in [0.717, 1.165) is 0 Å². The molecule has 0 aromatic carbocycles. The third-order valence-corrected chi connectivity index (χ3v) is 2.64. The Morgan fingerprint density at radius 3 is 2.44 bits per heavy atom. The number of hydrogen-bond donors (Lipinski definition) is 1. The Bertz CT molecular complexity index is 226. The van der Waals surface area contributed by atoms with Crippen molar-refractivity contribution in [3.63, 3.8) is 0 Å². The molecule has 1 unspecified atom stereocenters. The van der Waals surface area contributed by atoms with Crippen LogP contribution in [0.15, 0.2) is 23.4 Å². The second-order valence-corrected chi connectivity index (χ2v) is 4.31. The fourth-order valence-electron chi connectivity index (χ4n) is 2.00. The summed E-state index contributed by atoms with van der Waals surface area (Å²) < 4.78 is 0. The second-order valence-electron chi connectivity index (χ2n) is 4.31. The lowest BCUT2D eigenvalue weighted by molar-refractivity contribution is 0.653. The van der Waals surface area contributed by atoms with Crippen LogP contribution in [-0.4, -0.2) is 6.04 Å². The zero-order chi connectivity index (χ0) is 12.4. The number of allylic oxidation sites excluding steroid dienone is 3. The van der Waals surface area contributed by atoms with Gasteiger partial charge >= 0.3 is 0 Å². The Balaban J connectivity index is 0.00000106. The first-order valence-electron chi connectivity index (χ1n) is 6.88. The smallest absolute Gasteiger partial charge is 0.0418 e. The van der Waals surface area contributed by atoms with Gasteiger partial charge in [-0.1, -0.05) is 46.1 Å². The Hall–Kier alpha value is -0.720.